The highest BCUT2D eigenvalue weighted by Crippen LogP contribution is 2.26. The van der Waals surface area contributed by atoms with Gasteiger partial charge in [0, 0.05) is 5.56 Å². The number of nitrogens with zero attached hydrogens (tertiary/aromatic N) is 1. The fourth-order valence-corrected chi connectivity index (χ4v) is 1.16. The van der Waals surface area contributed by atoms with E-state index in [1.54, 1.807) is 0 Å². The monoisotopic (exact) mass is 183 g/mol. The van der Waals surface area contributed by atoms with Crippen molar-refractivity contribution in [3.63, 3.8) is 0 Å². The van der Waals surface area contributed by atoms with Gasteiger partial charge in [-0.25, -0.2) is 4.39 Å². The molecule has 1 aromatic rings. The van der Waals surface area contributed by atoms with Gasteiger partial charge in [-0.05, 0) is 18.1 Å². The first-order valence-corrected chi connectivity index (χ1v) is 3.96. The van der Waals surface area contributed by atoms with Crippen molar-refractivity contribution in [1.82, 2.24) is 0 Å². The zero-order valence-electron chi connectivity index (χ0n) is 7.45. The first kappa shape index (κ1) is 9.64. The number of halogens is 1. The van der Waals surface area contributed by atoms with Crippen molar-refractivity contribution in [2.24, 2.45) is 0 Å². The minimum atomic E-state index is -0.573. The molecule has 0 aliphatic rings. The maximum absolute atomic E-state index is 12.7. The molecule has 0 fully saturated rings. The van der Waals surface area contributed by atoms with Crippen LogP contribution in [0.4, 0.5) is 10.1 Å². The lowest BCUT2D eigenvalue weighted by Gasteiger charge is -2.05. The molecule has 0 aliphatic heterocycles. The maximum Gasteiger partial charge on any atom is 0.275 e. The highest BCUT2D eigenvalue weighted by Gasteiger charge is 2.16. The third-order valence-electron chi connectivity index (χ3n) is 1.81. The van der Waals surface area contributed by atoms with Crippen molar-refractivity contribution in [3.8, 4) is 0 Å². The van der Waals surface area contributed by atoms with Gasteiger partial charge in [0.05, 0.1) is 11.0 Å². The molecule has 0 heterocycles. The molecular weight excluding hydrogens is 173 g/mol. The average molecular weight is 183 g/mol. The van der Waals surface area contributed by atoms with Gasteiger partial charge in [0.1, 0.15) is 5.82 Å². The third kappa shape index (κ3) is 2.02. The third-order valence-corrected chi connectivity index (χ3v) is 1.81. The highest BCUT2D eigenvalue weighted by atomic mass is 19.1. The Morgan fingerprint density at radius 1 is 1.46 bits per heavy atom. The smallest absolute Gasteiger partial charge is 0.258 e. The van der Waals surface area contributed by atoms with Gasteiger partial charge in [0.2, 0.25) is 0 Å². The van der Waals surface area contributed by atoms with E-state index >= 15 is 0 Å². The molecule has 0 N–H and O–H groups in total. The zero-order valence-corrected chi connectivity index (χ0v) is 7.45. The molecular formula is C9H10FNO2. The molecule has 0 bridgehead atoms. The molecule has 0 saturated heterocycles. The molecule has 0 saturated carbocycles. The summed E-state index contributed by atoms with van der Waals surface area (Å²) >= 11 is 0. The summed E-state index contributed by atoms with van der Waals surface area (Å²) in [5.74, 6) is -0.544. The number of hydrogen-bond acceptors (Lipinski definition) is 2. The summed E-state index contributed by atoms with van der Waals surface area (Å²) in [4.78, 5) is 9.96. The van der Waals surface area contributed by atoms with Crippen LogP contribution in [0.2, 0.25) is 0 Å². The van der Waals surface area contributed by atoms with Gasteiger partial charge >= 0.3 is 0 Å². The Balaban J connectivity index is 3.27. The molecule has 1 aromatic carbocycles. The second kappa shape index (κ2) is 3.51. The van der Waals surface area contributed by atoms with E-state index in [0.29, 0.717) is 5.56 Å². The molecule has 13 heavy (non-hydrogen) atoms. The van der Waals surface area contributed by atoms with E-state index in [1.165, 1.54) is 12.1 Å². The standard InChI is InChI=1S/C9H10FNO2/c1-6(2)8-4-3-7(10)5-9(8)11(12)13/h3-6H,1-2H3. The van der Waals surface area contributed by atoms with Crippen molar-refractivity contribution >= 4 is 5.69 Å². The Kier molecular flexibility index (Phi) is 2.60. The lowest BCUT2D eigenvalue weighted by Crippen LogP contribution is -1.97. The van der Waals surface area contributed by atoms with Crippen molar-refractivity contribution in [2.45, 2.75) is 19.8 Å². The van der Waals surface area contributed by atoms with Crippen LogP contribution in [-0.4, -0.2) is 4.92 Å². The van der Waals surface area contributed by atoms with Crippen molar-refractivity contribution in [3.05, 3.63) is 39.7 Å². The molecule has 4 heteroatoms. The van der Waals surface area contributed by atoms with Crippen molar-refractivity contribution < 1.29 is 9.31 Å². The van der Waals surface area contributed by atoms with Gasteiger partial charge in [-0.2, -0.15) is 0 Å². The van der Waals surface area contributed by atoms with E-state index in [4.69, 9.17) is 0 Å². The van der Waals surface area contributed by atoms with E-state index in [1.807, 2.05) is 13.8 Å². The van der Waals surface area contributed by atoms with E-state index in [-0.39, 0.29) is 11.6 Å². The van der Waals surface area contributed by atoms with E-state index < -0.39 is 10.7 Å². The lowest BCUT2D eigenvalue weighted by molar-refractivity contribution is -0.385. The van der Waals surface area contributed by atoms with E-state index in [2.05, 4.69) is 0 Å². The van der Waals surface area contributed by atoms with Gasteiger partial charge < -0.3 is 0 Å². The Bertz CT molecular complexity index is 336. The average Bonchev–Trinajstić information content (AvgIpc) is 2.03. The summed E-state index contributed by atoms with van der Waals surface area (Å²) in [6.45, 7) is 3.67. The lowest BCUT2D eigenvalue weighted by atomic mass is 10.0. The quantitative estimate of drug-likeness (QED) is 0.522. The summed E-state index contributed by atoms with van der Waals surface area (Å²) in [6.07, 6.45) is 0. The zero-order chi connectivity index (χ0) is 10.0. The van der Waals surface area contributed by atoms with Crippen LogP contribution in [0.1, 0.15) is 25.3 Å². The van der Waals surface area contributed by atoms with E-state index in [9.17, 15) is 14.5 Å². The molecule has 3 nitrogen and oxygen atoms in total. The molecule has 0 aromatic heterocycles. The maximum atomic E-state index is 12.7. The van der Waals surface area contributed by atoms with Crippen molar-refractivity contribution in [1.29, 1.82) is 0 Å². The van der Waals surface area contributed by atoms with Crippen LogP contribution in [0.25, 0.3) is 0 Å². The van der Waals surface area contributed by atoms with Gasteiger partial charge in [0.25, 0.3) is 5.69 Å². The number of rotatable bonds is 2. The van der Waals surface area contributed by atoms with Crippen LogP contribution in [-0.2, 0) is 0 Å². The predicted molar refractivity (Wildman–Crippen MR) is 47.1 cm³/mol. The molecule has 0 atom stereocenters. The Labute approximate surface area is 75.3 Å². The van der Waals surface area contributed by atoms with Gasteiger partial charge in [-0.15, -0.1) is 0 Å². The Morgan fingerprint density at radius 3 is 2.54 bits per heavy atom. The first-order chi connectivity index (χ1) is 6.02. The van der Waals surface area contributed by atoms with Crippen LogP contribution in [0.3, 0.4) is 0 Å². The van der Waals surface area contributed by atoms with Gasteiger partial charge in [-0.1, -0.05) is 13.8 Å². The van der Waals surface area contributed by atoms with Crippen LogP contribution in [0.15, 0.2) is 18.2 Å². The summed E-state index contributed by atoms with van der Waals surface area (Å²) in [7, 11) is 0. The molecule has 0 amide bonds. The first-order valence-electron chi connectivity index (χ1n) is 3.96. The second-order valence-electron chi connectivity index (χ2n) is 3.11. The SMILES string of the molecule is CC(C)c1ccc(F)cc1[N+](=O)[O-]. The molecule has 0 spiro atoms. The molecule has 0 aliphatic carbocycles. The highest BCUT2D eigenvalue weighted by molar-refractivity contribution is 5.42. The number of hydrogen-bond donors (Lipinski definition) is 0. The number of benzene rings is 1. The minimum absolute atomic E-state index is 0.0287. The summed E-state index contributed by atoms with van der Waals surface area (Å²) in [6, 6.07) is 3.65. The topological polar surface area (TPSA) is 43.1 Å². The van der Waals surface area contributed by atoms with Crippen LogP contribution < -0.4 is 0 Å². The van der Waals surface area contributed by atoms with Crippen LogP contribution in [0, 0.1) is 15.9 Å². The Morgan fingerprint density at radius 2 is 2.08 bits per heavy atom. The van der Waals surface area contributed by atoms with E-state index in [0.717, 1.165) is 6.07 Å². The summed E-state index contributed by atoms with van der Waals surface area (Å²) < 4.78 is 12.7. The fourth-order valence-electron chi connectivity index (χ4n) is 1.16. The normalized spacial score (nSPS) is 10.5. The minimum Gasteiger partial charge on any atom is -0.258 e. The number of nitro groups is 1. The summed E-state index contributed by atoms with van der Waals surface area (Å²) in [5, 5.41) is 10.5. The number of nitro benzene ring substituents is 1. The van der Waals surface area contributed by atoms with Crippen LogP contribution in [0.5, 0.6) is 0 Å². The van der Waals surface area contributed by atoms with Gasteiger partial charge in [0.15, 0.2) is 0 Å². The largest absolute Gasteiger partial charge is 0.275 e. The molecule has 70 valence electrons. The van der Waals surface area contributed by atoms with Crippen LogP contribution >= 0.6 is 0 Å². The molecule has 0 unspecified atom stereocenters. The van der Waals surface area contributed by atoms with Gasteiger partial charge in [-0.3, -0.25) is 10.1 Å². The fraction of sp³-hybridized carbons (Fsp3) is 0.333. The second-order valence-corrected chi connectivity index (χ2v) is 3.11. The van der Waals surface area contributed by atoms with Crippen molar-refractivity contribution in [2.75, 3.05) is 0 Å². The predicted octanol–water partition coefficient (Wildman–Crippen LogP) is 2.86. The summed E-state index contributed by atoms with van der Waals surface area (Å²) in [5.41, 5.74) is 0.418. The molecule has 0 radical (unpaired) electrons. The molecule has 1 rings (SSSR count). The Hall–Kier alpha value is -1.45.